The van der Waals surface area contributed by atoms with Gasteiger partial charge in [0.2, 0.25) is 0 Å². The van der Waals surface area contributed by atoms with E-state index in [9.17, 15) is 0 Å². The minimum atomic E-state index is 1.03. The van der Waals surface area contributed by atoms with Gasteiger partial charge in [-0.05, 0) is 38.6 Å². The van der Waals surface area contributed by atoms with Crippen molar-refractivity contribution in [2.45, 2.75) is 13.3 Å². The number of hydrogen-bond acceptors (Lipinski definition) is 2. The molecule has 0 aliphatic heterocycles. The monoisotopic (exact) mass is 176 g/mol. The number of nitrogens with zero attached hydrogens (tertiary/aromatic N) is 1. The second kappa shape index (κ2) is 5.49. The maximum atomic E-state index is 4.06. The Kier molecular flexibility index (Phi) is 4.19. The quantitative estimate of drug-likeness (QED) is 0.760. The predicted octanol–water partition coefficient (Wildman–Crippen LogP) is 2.09. The molecule has 0 saturated heterocycles. The van der Waals surface area contributed by atoms with Gasteiger partial charge in [0, 0.05) is 12.4 Å². The van der Waals surface area contributed by atoms with E-state index in [0.717, 1.165) is 13.0 Å². The summed E-state index contributed by atoms with van der Waals surface area (Å²) in [5, 5.41) is 3.13. The van der Waals surface area contributed by atoms with Gasteiger partial charge in [-0.1, -0.05) is 17.7 Å². The van der Waals surface area contributed by atoms with E-state index < -0.39 is 0 Å². The summed E-state index contributed by atoms with van der Waals surface area (Å²) in [6.07, 6.45) is 6.93. The van der Waals surface area contributed by atoms with Crippen molar-refractivity contribution in [3.8, 4) is 0 Å². The Labute approximate surface area is 79.7 Å². The molecule has 0 fully saturated rings. The molecule has 1 heterocycles. The zero-order valence-corrected chi connectivity index (χ0v) is 8.25. The van der Waals surface area contributed by atoms with Gasteiger partial charge in [-0.15, -0.1) is 0 Å². The van der Waals surface area contributed by atoms with Gasteiger partial charge in [0.25, 0.3) is 0 Å². The van der Waals surface area contributed by atoms with Crippen molar-refractivity contribution in [3.05, 3.63) is 35.7 Å². The van der Waals surface area contributed by atoms with E-state index in [4.69, 9.17) is 0 Å². The minimum absolute atomic E-state index is 1.03. The third-order valence-corrected chi connectivity index (χ3v) is 1.87. The van der Waals surface area contributed by atoms with Gasteiger partial charge >= 0.3 is 0 Å². The summed E-state index contributed by atoms with van der Waals surface area (Å²) in [6.45, 7) is 3.17. The Hall–Kier alpha value is -1.15. The maximum Gasteiger partial charge on any atom is 0.0340 e. The lowest BCUT2D eigenvalue weighted by Gasteiger charge is -2.00. The molecule has 70 valence electrons. The molecule has 0 spiro atoms. The number of nitrogens with one attached hydrogen (secondary N) is 1. The Morgan fingerprint density at radius 1 is 1.62 bits per heavy atom. The van der Waals surface area contributed by atoms with Gasteiger partial charge in [0.1, 0.15) is 0 Å². The summed E-state index contributed by atoms with van der Waals surface area (Å²) in [5.74, 6) is 0. The fourth-order valence-corrected chi connectivity index (χ4v) is 1.14. The van der Waals surface area contributed by atoms with Gasteiger partial charge in [-0.2, -0.15) is 0 Å². The third kappa shape index (κ3) is 3.85. The first kappa shape index (κ1) is 9.93. The lowest BCUT2D eigenvalue weighted by molar-refractivity contribution is 0.788. The molecule has 0 aromatic carbocycles. The van der Waals surface area contributed by atoms with E-state index in [2.05, 4.69) is 29.4 Å². The van der Waals surface area contributed by atoms with E-state index in [-0.39, 0.29) is 0 Å². The van der Waals surface area contributed by atoms with Crippen LogP contribution in [-0.4, -0.2) is 18.6 Å². The molecule has 0 amide bonds. The molecule has 0 aliphatic carbocycles. The summed E-state index contributed by atoms with van der Waals surface area (Å²) in [6, 6.07) is 4.02. The van der Waals surface area contributed by atoms with E-state index in [1.165, 1.54) is 11.1 Å². The van der Waals surface area contributed by atoms with Crippen molar-refractivity contribution in [3.63, 3.8) is 0 Å². The molecule has 1 aromatic rings. The second-order valence-corrected chi connectivity index (χ2v) is 3.13. The van der Waals surface area contributed by atoms with Crippen LogP contribution in [0.2, 0.25) is 0 Å². The molecule has 0 radical (unpaired) electrons. The van der Waals surface area contributed by atoms with Crippen molar-refractivity contribution in [2.24, 2.45) is 0 Å². The SMILES string of the molecule is CNCC/C(C)=C\c1cccnc1. The van der Waals surface area contributed by atoms with Crippen LogP contribution in [0.4, 0.5) is 0 Å². The maximum absolute atomic E-state index is 4.06. The smallest absolute Gasteiger partial charge is 0.0340 e. The van der Waals surface area contributed by atoms with Crippen LogP contribution in [0, 0.1) is 0 Å². The second-order valence-electron chi connectivity index (χ2n) is 3.13. The largest absolute Gasteiger partial charge is 0.319 e. The molecule has 0 unspecified atom stereocenters. The lowest BCUT2D eigenvalue weighted by Crippen LogP contribution is -2.07. The zero-order valence-electron chi connectivity index (χ0n) is 8.25. The highest BCUT2D eigenvalue weighted by Crippen LogP contribution is 2.06. The Balaban J connectivity index is 2.55. The first-order valence-electron chi connectivity index (χ1n) is 4.54. The summed E-state index contributed by atoms with van der Waals surface area (Å²) in [5.41, 5.74) is 2.55. The molecule has 1 aromatic heterocycles. The average Bonchev–Trinajstić information content (AvgIpc) is 2.16. The zero-order chi connectivity index (χ0) is 9.52. The van der Waals surface area contributed by atoms with E-state index in [1.807, 2.05) is 19.3 Å². The molecular weight excluding hydrogens is 160 g/mol. The van der Waals surface area contributed by atoms with Gasteiger partial charge in [0.05, 0.1) is 0 Å². The summed E-state index contributed by atoms with van der Waals surface area (Å²) >= 11 is 0. The highest BCUT2D eigenvalue weighted by atomic mass is 14.8. The van der Waals surface area contributed by atoms with Crippen molar-refractivity contribution >= 4 is 6.08 Å². The first-order chi connectivity index (χ1) is 6.33. The normalized spacial score (nSPS) is 11.7. The molecule has 0 aliphatic rings. The molecule has 0 bridgehead atoms. The van der Waals surface area contributed by atoms with Crippen LogP contribution >= 0.6 is 0 Å². The van der Waals surface area contributed by atoms with Crippen molar-refractivity contribution < 1.29 is 0 Å². The number of aromatic nitrogens is 1. The van der Waals surface area contributed by atoms with E-state index in [1.54, 1.807) is 6.20 Å². The predicted molar refractivity (Wildman–Crippen MR) is 56.4 cm³/mol. The highest BCUT2D eigenvalue weighted by molar-refractivity contribution is 5.50. The Morgan fingerprint density at radius 2 is 2.46 bits per heavy atom. The van der Waals surface area contributed by atoms with Crippen LogP contribution < -0.4 is 5.32 Å². The van der Waals surface area contributed by atoms with Crippen molar-refractivity contribution in [1.29, 1.82) is 0 Å². The van der Waals surface area contributed by atoms with Crippen molar-refractivity contribution in [2.75, 3.05) is 13.6 Å². The van der Waals surface area contributed by atoms with Crippen LogP contribution in [-0.2, 0) is 0 Å². The number of pyridine rings is 1. The average molecular weight is 176 g/mol. The molecule has 0 saturated carbocycles. The first-order valence-corrected chi connectivity index (χ1v) is 4.54. The summed E-state index contributed by atoms with van der Waals surface area (Å²) in [7, 11) is 1.97. The molecule has 2 heteroatoms. The van der Waals surface area contributed by atoms with Gasteiger partial charge in [-0.25, -0.2) is 0 Å². The van der Waals surface area contributed by atoms with Crippen LogP contribution in [0.15, 0.2) is 30.1 Å². The van der Waals surface area contributed by atoms with Crippen molar-refractivity contribution in [1.82, 2.24) is 10.3 Å². The lowest BCUT2D eigenvalue weighted by atomic mass is 10.1. The highest BCUT2D eigenvalue weighted by Gasteiger charge is 1.90. The van der Waals surface area contributed by atoms with E-state index >= 15 is 0 Å². The third-order valence-electron chi connectivity index (χ3n) is 1.87. The van der Waals surface area contributed by atoms with Crippen LogP contribution in [0.5, 0.6) is 0 Å². The minimum Gasteiger partial charge on any atom is -0.319 e. The summed E-state index contributed by atoms with van der Waals surface area (Å²) in [4.78, 5) is 4.06. The molecule has 1 N–H and O–H groups in total. The van der Waals surface area contributed by atoms with Crippen LogP contribution in [0.25, 0.3) is 6.08 Å². The Morgan fingerprint density at radius 3 is 3.08 bits per heavy atom. The van der Waals surface area contributed by atoms with Crippen LogP contribution in [0.1, 0.15) is 18.9 Å². The van der Waals surface area contributed by atoms with Gasteiger partial charge in [0.15, 0.2) is 0 Å². The molecule has 0 atom stereocenters. The number of hydrogen-bond donors (Lipinski definition) is 1. The van der Waals surface area contributed by atoms with E-state index in [0.29, 0.717) is 0 Å². The molecule has 2 nitrogen and oxygen atoms in total. The topological polar surface area (TPSA) is 24.9 Å². The van der Waals surface area contributed by atoms with Crippen LogP contribution in [0.3, 0.4) is 0 Å². The standard InChI is InChI=1S/C11H16N2/c1-10(5-7-12-2)8-11-4-3-6-13-9-11/h3-4,6,8-9,12H,5,7H2,1-2H3/b10-8-. The summed E-state index contributed by atoms with van der Waals surface area (Å²) < 4.78 is 0. The Bertz CT molecular complexity index is 265. The van der Waals surface area contributed by atoms with Gasteiger partial charge < -0.3 is 5.32 Å². The fraction of sp³-hybridized carbons (Fsp3) is 0.364. The van der Waals surface area contributed by atoms with Gasteiger partial charge in [-0.3, -0.25) is 4.98 Å². The molecular formula is C11H16N2. The number of rotatable bonds is 4. The molecule has 1 rings (SSSR count). The molecule has 13 heavy (non-hydrogen) atoms. The fourth-order valence-electron chi connectivity index (χ4n) is 1.14.